The highest BCUT2D eigenvalue weighted by Gasteiger charge is 2.47. The highest BCUT2D eigenvalue weighted by atomic mass is 16.7. The molecular formula is C19H26O10. The molecule has 2 rings (SSSR count). The minimum Gasteiger partial charge on any atom is -0.481 e. The molecule has 0 amide bonds. The van der Waals surface area contributed by atoms with Crippen LogP contribution in [0.15, 0.2) is 30.3 Å². The Labute approximate surface area is 167 Å². The van der Waals surface area contributed by atoms with Crippen LogP contribution in [0.5, 0.6) is 0 Å². The van der Waals surface area contributed by atoms with Crippen molar-refractivity contribution in [1.29, 1.82) is 0 Å². The lowest BCUT2D eigenvalue weighted by Crippen LogP contribution is -2.60. The molecular weight excluding hydrogens is 388 g/mol. The van der Waals surface area contributed by atoms with Crippen LogP contribution in [0.4, 0.5) is 0 Å². The summed E-state index contributed by atoms with van der Waals surface area (Å²) in [5, 5.41) is 48.9. The first-order valence-corrected chi connectivity index (χ1v) is 9.04. The van der Waals surface area contributed by atoms with E-state index in [0.717, 1.165) is 12.5 Å². The Morgan fingerprint density at radius 2 is 1.79 bits per heavy atom. The molecule has 1 aliphatic heterocycles. The molecule has 0 radical (unpaired) electrons. The van der Waals surface area contributed by atoms with Gasteiger partial charge in [0.1, 0.15) is 18.3 Å². The van der Waals surface area contributed by atoms with Gasteiger partial charge in [0.15, 0.2) is 12.4 Å². The predicted molar refractivity (Wildman–Crippen MR) is 96.4 cm³/mol. The molecule has 0 spiro atoms. The average molecular weight is 414 g/mol. The van der Waals surface area contributed by atoms with Crippen LogP contribution >= 0.6 is 0 Å². The van der Waals surface area contributed by atoms with Crippen molar-refractivity contribution in [3.63, 3.8) is 0 Å². The molecule has 0 aromatic heterocycles. The minimum atomic E-state index is -1.87. The van der Waals surface area contributed by atoms with Gasteiger partial charge in [0.05, 0.1) is 31.7 Å². The summed E-state index contributed by atoms with van der Waals surface area (Å²) >= 11 is 0. The van der Waals surface area contributed by atoms with Crippen LogP contribution in [0.2, 0.25) is 0 Å². The molecule has 1 aromatic rings. The lowest BCUT2D eigenvalue weighted by atomic mass is 9.97. The van der Waals surface area contributed by atoms with E-state index < -0.39 is 67.7 Å². The van der Waals surface area contributed by atoms with E-state index in [1.54, 1.807) is 24.3 Å². The molecule has 1 heterocycles. The summed E-state index contributed by atoms with van der Waals surface area (Å²) < 4.78 is 16.0. The van der Waals surface area contributed by atoms with Crippen molar-refractivity contribution in [3.05, 3.63) is 35.9 Å². The summed E-state index contributed by atoms with van der Waals surface area (Å²) in [5.41, 5.74) is -1.09. The molecule has 0 unspecified atom stereocenters. The van der Waals surface area contributed by atoms with Crippen molar-refractivity contribution in [2.24, 2.45) is 0 Å². The van der Waals surface area contributed by atoms with Crippen LogP contribution in [0.3, 0.4) is 0 Å². The number of rotatable bonds is 9. The van der Waals surface area contributed by atoms with Gasteiger partial charge < -0.3 is 39.7 Å². The van der Waals surface area contributed by atoms with Crippen LogP contribution in [0.1, 0.15) is 25.3 Å². The van der Waals surface area contributed by atoms with Gasteiger partial charge in [-0.3, -0.25) is 9.59 Å². The maximum absolute atomic E-state index is 12.1. The zero-order chi connectivity index (χ0) is 21.6. The van der Waals surface area contributed by atoms with Crippen molar-refractivity contribution in [2.75, 3.05) is 6.61 Å². The quantitative estimate of drug-likeness (QED) is 0.322. The summed E-state index contributed by atoms with van der Waals surface area (Å²) in [4.78, 5) is 22.9. The molecule has 10 heteroatoms. The second-order valence-electron chi connectivity index (χ2n) is 7.20. The first-order valence-electron chi connectivity index (χ1n) is 9.04. The molecule has 0 bridgehead atoms. The minimum absolute atomic E-state index is 0.0603. The Bertz CT molecular complexity index is 677. The Morgan fingerprint density at radius 3 is 2.38 bits per heavy atom. The standard InChI is InChI=1S/C19H26O10/c1-19(26,7-13(21)22)8-14(23)29-17-15(24)12(9-20)28-18(16(17)25)27-10-11-5-3-2-4-6-11/h2-6,12,15-18,20,24-26H,7-10H2,1H3,(H,21,22)/t12-,15-,16-,17+,18-,19+/m1/s1. The molecule has 6 atom stereocenters. The van der Waals surface area contributed by atoms with Crippen molar-refractivity contribution >= 4 is 11.9 Å². The van der Waals surface area contributed by atoms with Crippen molar-refractivity contribution in [3.8, 4) is 0 Å². The van der Waals surface area contributed by atoms with E-state index in [-0.39, 0.29) is 6.61 Å². The number of carboxylic acid groups (broad SMARTS) is 1. The second-order valence-corrected chi connectivity index (χ2v) is 7.20. The van der Waals surface area contributed by atoms with Crippen molar-refractivity contribution < 1.29 is 49.3 Å². The van der Waals surface area contributed by atoms with E-state index in [1.165, 1.54) is 0 Å². The van der Waals surface area contributed by atoms with Gasteiger partial charge in [0.25, 0.3) is 0 Å². The van der Waals surface area contributed by atoms with Crippen LogP contribution in [0, 0.1) is 0 Å². The summed E-state index contributed by atoms with van der Waals surface area (Å²) in [6.45, 7) is 0.593. The summed E-state index contributed by atoms with van der Waals surface area (Å²) in [7, 11) is 0. The van der Waals surface area contributed by atoms with Crippen molar-refractivity contribution in [1.82, 2.24) is 0 Å². The van der Waals surface area contributed by atoms with Gasteiger partial charge in [-0.05, 0) is 12.5 Å². The number of benzene rings is 1. The van der Waals surface area contributed by atoms with Crippen LogP contribution in [-0.2, 0) is 30.4 Å². The number of aliphatic hydroxyl groups excluding tert-OH is 3. The third-order valence-electron chi connectivity index (χ3n) is 4.40. The molecule has 0 saturated carbocycles. The van der Waals surface area contributed by atoms with E-state index >= 15 is 0 Å². The van der Waals surface area contributed by atoms with E-state index in [0.29, 0.717) is 0 Å². The fraction of sp³-hybridized carbons (Fsp3) is 0.579. The summed E-state index contributed by atoms with van der Waals surface area (Å²) in [6, 6.07) is 8.99. The number of hydrogen-bond donors (Lipinski definition) is 5. The molecule has 1 aromatic carbocycles. The maximum Gasteiger partial charge on any atom is 0.309 e. The number of ether oxygens (including phenoxy) is 3. The third kappa shape index (κ3) is 6.74. The Morgan fingerprint density at radius 1 is 1.14 bits per heavy atom. The number of carboxylic acids is 1. The lowest BCUT2D eigenvalue weighted by Gasteiger charge is -2.41. The van der Waals surface area contributed by atoms with Gasteiger partial charge in [-0.1, -0.05) is 30.3 Å². The third-order valence-corrected chi connectivity index (χ3v) is 4.40. The van der Waals surface area contributed by atoms with E-state index in [2.05, 4.69) is 0 Å². The predicted octanol–water partition coefficient (Wildman–Crippen LogP) is -0.830. The number of carbonyl (C=O) groups excluding carboxylic acids is 1. The Hall–Kier alpha value is -2.08. The fourth-order valence-electron chi connectivity index (χ4n) is 2.98. The highest BCUT2D eigenvalue weighted by molar-refractivity contribution is 5.74. The van der Waals surface area contributed by atoms with Gasteiger partial charge in [0, 0.05) is 0 Å². The zero-order valence-electron chi connectivity index (χ0n) is 15.9. The fourth-order valence-corrected chi connectivity index (χ4v) is 2.98. The van der Waals surface area contributed by atoms with Crippen LogP contribution in [-0.4, -0.2) is 80.4 Å². The highest BCUT2D eigenvalue weighted by Crippen LogP contribution is 2.26. The molecule has 10 nitrogen and oxygen atoms in total. The second kappa shape index (κ2) is 10.1. The maximum atomic E-state index is 12.1. The number of aliphatic hydroxyl groups is 4. The first kappa shape index (κ1) is 23.2. The van der Waals surface area contributed by atoms with Gasteiger partial charge >= 0.3 is 11.9 Å². The summed E-state index contributed by atoms with van der Waals surface area (Å²) in [5.74, 6) is -2.33. The average Bonchev–Trinajstić information content (AvgIpc) is 2.64. The normalized spacial score (nSPS) is 29.1. The number of hydrogen-bond acceptors (Lipinski definition) is 9. The van der Waals surface area contributed by atoms with Gasteiger partial charge in [0.2, 0.25) is 0 Å². The number of aliphatic carboxylic acids is 1. The molecule has 1 saturated heterocycles. The smallest absolute Gasteiger partial charge is 0.309 e. The van der Waals surface area contributed by atoms with Crippen molar-refractivity contribution in [2.45, 2.75) is 62.7 Å². The number of esters is 1. The molecule has 1 fully saturated rings. The molecule has 1 aliphatic rings. The number of carbonyl (C=O) groups is 2. The SMILES string of the molecule is C[C@](O)(CC(=O)O)CC(=O)O[C@@H]1[C@@H](O)[C@H](OCc2ccccc2)O[C@H](CO)[C@H]1O. The largest absolute Gasteiger partial charge is 0.481 e. The molecule has 5 N–H and O–H groups in total. The van der Waals surface area contributed by atoms with E-state index in [4.69, 9.17) is 19.3 Å². The van der Waals surface area contributed by atoms with E-state index in [1.807, 2.05) is 6.07 Å². The molecule has 29 heavy (non-hydrogen) atoms. The topological polar surface area (TPSA) is 163 Å². The van der Waals surface area contributed by atoms with Gasteiger partial charge in [-0.2, -0.15) is 0 Å². The van der Waals surface area contributed by atoms with Crippen LogP contribution < -0.4 is 0 Å². The summed E-state index contributed by atoms with van der Waals surface area (Å²) in [6.07, 6.45) is -8.48. The Kier molecular flexibility index (Phi) is 8.08. The monoisotopic (exact) mass is 414 g/mol. The zero-order valence-corrected chi connectivity index (χ0v) is 15.9. The van der Waals surface area contributed by atoms with Gasteiger partial charge in [-0.25, -0.2) is 0 Å². The Balaban J connectivity index is 2.03. The first-order chi connectivity index (χ1) is 13.6. The lowest BCUT2D eigenvalue weighted by molar-refractivity contribution is -0.306. The van der Waals surface area contributed by atoms with E-state index in [9.17, 15) is 30.0 Å². The van der Waals surface area contributed by atoms with Crippen LogP contribution in [0.25, 0.3) is 0 Å². The molecule has 0 aliphatic carbocycles. The van der Waals surface area contributed by atoms with Gasteiger partial charge in [-0.15, -0.1) is 0 Å². The molecule has 162 valence electrons.